The fraction of sp³-hybridized carbons (Fsp3) is 0.188. The van der Waals surface area contributed by atoms with Crippen molar-refractivity contribution >= 4 is 23.2 Å². The van der Waals surface area contributed by atoms with Crippen molar-refractivity contribution in [3.05, 3.63) is 67.6 Å². The van der Waals surface area contributed by atoms with Crippen LogP contribution < -0.4 is 26.4 Å². The van der Waals surface area contributed by atoms with E-state index in [1.807, 2.05) is 0 Å². The van der Waals surface area contributed by atoms with Crippen molar-refractivity contribution in [1.82, 2.24) is 3.44 Å². The van der Waals surface area contributed by atoms with Crippen molar-refractivity contribution in [2.75, 3.05) is 11.4 Å². The number of nitrogens with zero attached hydrogens (tertiary/aromatic N) is 2. The minimum absolute atomic E-state index is 0.00433. The number of carbonyl (C=O) groups excluding carboxylic acids is 1. The molecule has 1 N–H and O–H groups in total. The van der Waals surface area contributed by atoms with Crippen LogP contribution in [0.25, 0.3) is 0 Å². The summed E-state index contributed by atoms with van der Waals surface area (Å²) in [5.74, 6) is -4.62. The fourth-order valence-corrected chi connectivity index (χ4v) is 3.59. The first-order chi connectivity index (χ1) is 12.1. The summed E-state index contributed by atoms with van der Waals surface area (Å²) in [6.07, 6.45) is 0. The summed E-state index contributed by atoms with van der Waals surface area (Å²) in [6.45, 7) is -0.290. The Morgan fingerprint density at radius 2 is 1.88 bits per heavy atom. The van der Waals surface area contributed by atoms with Crippen LogP contribution in [0, 0.1) is 14.6 Å². The van der Waals surface area contributed by atoms with Gasteiger partial charge >= 0.3 is 163 Å². The molecule has 0 fully saturated rings. The van der Waals surface area contributed by atoms with Crippen LogP contribution in [0.15, 0.2) is 42.5 Å². The standard InChI is InChI=1S/C16H13ClF3IN2O3/c1-16(19,20)9-22(12-5-2-10(18)3-6-12)15(24)13-8-11(21-23(25)26)4-7-14(13)17/h2-8,25H,9H2,1H3/q-2. The average molecular weight is 501 g/mol. The number of alkyl halides is 2. The number of anilines is 1. The number of hydrogen-bond donors (Lipinski definition) is 1. The van der Waals surface area contributed by atoms with Crippen LogP contribution in [0.2, 0.25) is 5.02 Å². The second kappa shape index (κ2) is 8.53. The number of hydrogen-bond acceptors (Lipinski definition) is 4. The number of benzene rings is 2. The summed E-state index contributed by atoms with van der Waals surface area (Å²) >= 11 is 4.53. The Bertz CT molecular complexity index is 785. The zero-order valence-corrected chi connectivity index (χ0v) is 16.2. The first-order valence-corrected chi connectivity index (χ1v) is 9.55. The Morgan fingerprint density at radius 3 is 2.42 bits per heavy atom. The summed E-state index contributed by atoms with van der Waals surface area (Å²) in [7, 11) is 0. The maximum absolute atomic E-state index is 13.6. The van der Waals surface area contributed by atoms with Gasteiger partial charge in [0.1, 0.15) is 0 Å². The van der Waals surface area contributed by atoms with E-state index >= 15 is 0 Å². The van der Waals surface area contributed by atoms with Gasteiger partial charge in [-0.2, -0.15) is 0 Å². The van der Waals surface area contributed by atoms with Crippen molar-refractivity contribution in [1.29, 1.82) is 0 Å². The fourth-order valence-electron chi connectivity index (χ4n) is 2.12. The van der Waals surface area contributed by atoms with Crippen LogP contribution in [-0.2, 0) is 0 Å². The van der Waals surface area contributed by atoms with Crippen molar-refractivity contribution in [2.45, 2.75) is 12.8 Å². The molecule has 0 aliphatic heterocycles. The second-order valence-electron chi connectivity index (χ2n) is 5.37. The van der Waals surface area contributed by atoms with E-state index in [1.165, 1.54) is 30.3 Å². The molecule has 10 heteroatoms. The molecular formula is C16H13ClF3IN2O3-2. The molecule has 142 valence electrons. The molecule has 0 saturated carbocycles. The predicted octanol–water partition coefficient (Wildman–Crippen LogP) is 1.14. The molecule has 2 aromatic carbocycles. The van der Waals surface area contributed by atoms with E-state index in [0.29, 0.717) is 10.5 Å². The molecule has 0 saturated heterocycles. The van der Waals surface area contributed by atoms with E-state index in [9.17, 15) is 23.2 Å². The first kappa shape index (κ1) is 20.9. The number of amides is 1. The topological polar surface area (TPSA) is 66.8 Å². The van der Waals surface area contributed by atoms with Crippen LogP contribution in [0.1, 0.15) is 17.3 Å². The molecule has 1 amide bonds. The van der Waals surface area contributed by atoms with Crippen LogP contribution >= 0.6 is 11.6 Å². The van der Waals surface area contributed by atoms with E-state index in [2.05, 4.69) is 0 Å². The van der Waals surface area contributed by atoms with Gasteiger partial charge in [-0.1, -0.05) is 0 Å². The van der Waals surface area contributed by atoms with E-state index in [1.54, 1.807) is 0 Å². The minimum atomic E-state index is -3.21. The van der Waals surface area contributed by atoms with E-state index in [0.717, 1.165) is 17.0 Å². The third-order valence-corrected chi connectivity index (χ3v) is 5.12. The van der Waals surface area contributed by atoms with Gasteiger partial charge in [0.2, 0.25) is 0 Å². The maximum atomic E-state index is 13.6. The molecule has 0 atom stereocenters. The van der Waals surface area contributed by atoms with Crippen LogP contribution in [0.5, 0.6) is 0 Å². The summed E-state index contributed by atoms with van der Waals surface area (Å²) in [4.78, 5) is 13.6. The molecule has 2 rings (SSSR count). The summed E-state index contributed by atoms with van der Waals surface area (Å²) in [5.41, 5.74) is -0.0269. The molecule has 0 spiro atoms. The third kappa shape index (κ3) is 5.81. The van der Waals surface area contributed by atoms with Gasteiger partial charge in [-0.05, 0) is 0 Å². The monoisotopic (exact) mass is 500 g/mol. The average Bonchev–Trinajstić information content (AvgIpc) is 2.53. The molecule has 0 bridgehead atoms. The van der Waals surface area contributed by atoms with Crippen molar-refractivity contribution in [3.8, 4) is 0 Å². The van der Waals surface area contributed by atoms with E-state index in [-0.39, 0.29) is 19.7 Å². The van der Waals surface area contributed by atoms with Crippen molar-refractivity contribution < 1.29 is 44.7 Å². The molecule has 0 heterocycles. The Balaban J connectivity index is 2.44. The molecule has 0 aliphatic rings. The van der Waals surface area contributed by atoms with Gasteiger partial charge < -0.3 is 0 Å². The Kier molecular flexibility index (Phi) is 6.86. The molecular weight excluding hydrogens is 488 g/mol. The van der Waals surface area contributed by atoms with E-state index < -0.39 is 45.7 Å². The van der Waals surface area contributed by atoms with Crippen LogP contribution in [0.3, 0.4) is 0 Å². The molecule has 0 unspecified atom stereocenters. The Morgan fingerprint density at radius 1 is 1.27 bits per heavy atom. The molecule has 2 aromatic rings. The SMILES string of the molecule is CC(F)(F)CN(C(=O)c1cc([I-]N([O-])O)ccc1Cl)c1ccc(F)cc1. The summed E-state index contributed by atoms with van der Waals surface area (Å²) < 4.78 is 40.4. The van der Waals surface area contributed by atoms with Crippen LogP contribution in [-0.4, -0.2) is 27.0 Å². The van der Waals surface area contributed by atoms with Gasteiger partial charge in [0, 0.05) is 0 Å². The quantitative estimate of drug-likeness (QED) is 0.367. The summed E-state index contributed by atoms with van der Waals surface area (Å²) in [6, 6.07) is 8.60. The van der Waals surface area contributed by atoms with Gasteiger partial charge in [-0.3, -0.25) is 0 Å². The first-order valence-electron chi connectivity index (χ1n) is 7.13. The number of rotatable bonds is 6. The molecule has 0 radical (unpaired) electrons. The normalized spacial score (nSPS) is 11.8. The molecule has 26 heavy (non-hydrogen) atoms. The predicted molar refractivity (Wildman–Crippen MR) is 85.8 cm³/mol. The van der Waals surface area contributed by atoms with Gasteiger partial charge in [0.05, 0.1) is 0 Å². The zero-order valence-electron chi connectivity index (χ0n) is 13.3. The number of halogens is 5. The van der Waals surface area contributed by atoms with Gasteiger partial charge in [-0.25, -0.2) is 0 Å². The van der Waals surface area contributed by atoms with Gasteiger partial charge in [-0.15, -0.1) is 0 Å². The molecule has 5 nitrogen and oxygen atoms in total. The van der Waals surface area contributed by atoms with Crippen molar-refractivity contribution in [2.24, 2.45) is 0 Å². The Hall–Kier alpha value is -1.40. The third-order valence-electron chi connectivity index (χ3n) is 3.15. The van der Waals surface area contributed by atoms with Gasteiger partial charge in [0.25, 0.3) is 0 Å². The Labute approximate surface area is 163 Å². The second-order valence-corrected chi connectivity index (χ2v) is 8.33. The van der Waals surface area contributed by atoms with Crippen molar-refractivity contribution in [3.63, 3.8) is 0 Å². The molecule has 0 aromatic heterocycles. The summed E-state index contributed by atoms with van der Waals surface area (Å²) in [5, 5.41) is 19.7. The van der Waals surface area contributed by atoms with Crippen LogP contribution in [0.4, 0.5) is 18.9 Å². The van der Waals surface area contributed by atoms with Gasteiger partial charge in [0.15, 0.2) is 0 Å². The number of carbonyl (C=O) groups is 1. The zero-order chi connectivity index (χ0) is 19.5. The van der Waals surface area contributed by atoms with E-state index in [4.69, 9.17) is 16.8 Å². The molecule has 0 aliphatic carbocycles.